The smallest absolute Gasteiger partial charge is 0.305 e. The third-order valence-corrected chi connectivity index (χ3v) is 2.94. The fourth-order valence-corrected chi connectivity index (χ4v) is 1.86. The first-order valence-electron chi connectivity index (χ1n) is 6.36. The monoisotopic (exact) mass is 307 g/mol. The molecule has 0 radical (unpaired) electrons. The highest BCUT2D eigenvalue weighted by Gasteiger charge is 2.11. The summed E-state index contributed by atoms with van der Waals surface area (Å²) in [5.74, 6) is 0.467. The van der Waals surface area contributed by atoms with Gasteiger partial charge in [-0.2, -0.15) is 0 Å². The van der Waals surface area contributed by atoms with Crippen LogP contribution in [0.2, 0.25) is 0 Å². The number of benzene rings is 2. The summed E-state index contributed by atoms with van der Waals surface area (Å²) in [6.45, 7) is 2.01. The van der Waals surface area contributed by atoms with Crippen LogP contribution in [0.25, 0.3) is 0 Å². The lowest BCUT2D eigenvalue weighted by molar-refractivity contribution is -0.137. The average Bonchev–Trinajstić information content (AvgIpc) is 2.41. The van der Waals surface area contributed by atoms with Gasteiger partial charge in [-0.25, -0.2) is 0 Å². The Morgan fingerprint density at radius 2 is 1.86 bits per heavy atom. The minimum absolute atomic E-state index is 0. The number of hydrogen-bond acceptors (Lipinski definition) is 3. The highest BCUT2D eigenvalue weighted by Crippen LogP contribution is 2.25. The molecule has 4 nitrogen and oxygen atoms in total. The number of hydrogen-bond donors (Lipinski definition) is 2. The Balaban J connectivity index is 0.00000220. The molecule has 0 spiro atoms. The maximum absolute atomic E-state index is 10.7. The Hall–Kier alpha value is -2.04. The van der Waals surface area contributed by atoms with E-state index >= 15 is 0 Å². The Kier molecular flexibility index (Phi) is 6.21. The number of aryl methyl sites for hydroxylation is 1. The predicted molar refractivity (Wildman–Crippen MR) is 84.1 cm³/mol. The predicted octanol–water partition coefficient (Wildman–Crippen LogP) is 3.68. The van der Waals surface area contributed by atoms with Gasteiger partial charge in [-0.3, -0.25) is 4.79 Å². The molecule has 0 unspecified atom stereocenters. The summed E-state index contributed by atoms with van der Waals surface area (Å²) in [6, 6.07) is 14.4. The highest BCUT2D eigenvalue weighted by atomic mass is 35.5. The lowest BCUT2D eigenvalue weighted by atomic mass is 10.0. The first-order valence-corrected chi connectivity index (χ1v) is 6.36. The fourth-order valence-electron chi connectivity index (χ4n) is 1.86. The van der Waals surface area contributed by atoms with Gasteiger partial charge >= 0.3 is 5.97 Å². The molecule has 112 valence electrons. The summed E-state index contributed by atoms with van der Waals surface area (Å²) >= 11 is 0. The first-order chi connectivity index (χ1) is 9.54. The lowest BCUT2D eigenvalue weighted by Gasteiger charge is -2.12. The molecule has 3 N–H and O–H groups in total. The maximum Gasteiger partial charge on any atom is 0.305 e. The van der Waals surface area contributed by atoms with E-state index in [0.29, 0.717) is 5.75 Å². The number of aliphatic carboxylic acids is 1. The van der Waals surface area contributed by atoms with Crippen LogP contribution < -0.4 is 10.5 Å². The van der Waals surface area contributed by atoms with E-state index in [9.17, 15) is 4.79 Å². The van der Waals surface area contributed by atoms with Crippen LogP contribution in [-0.4, -0.2) is 11.1 Å². The number of rotatable bonds is 5. The Labute approximate surface area is 130 Å². The molecule has 0 heterocycles. The van der Waals surface area contributed by atoms with Crippen molar-refractivity contribution in [3.63, 3.8) is 0 Å². The molecule has 0 aliphatic heterocycles. The third-order valence-electron chi connectivity index (χ3n) is 2.94. The number of halogens is 1. The standard InChI is InChI=1S/C16H17NO3.ClH/c1-11-5-7-13(8-6-11)20-14-4-2-3-12(9-14)15(17)10-16(18)19;/h2-9,15H,10,17H2,1H3,(H,18,19);1H/t15-;/m1./s1. The second kappa shape index (κ2) is 7.67. The Morgan fingerprint density at radius 3 is 2.48 bits per heavy atom. The summed E-state index contributed by atoms with van der Waals surface area (Å²) in [7, 11) is 0. The van der Waals surface area contributed by atoms with Gasteiger partial charge in [-0.05, 0) is 36.8 Å². The SMILES string of the molecule is Cc1ccc(Oc2cccc([C@H](N)CC(=O)O)c2)cc1.Cl. The summed E-state index contributed by atoms with van der Waals surface area (Å²) in [6.07, 6.45) is -0.103. The molecule has 0 bridgehead atoms. The fraction of sp³-hybridized carbons (Fsp3) is 0.188. The van der Waals surface area contributed by atoms with Gasteiger partial charge in [0.15, 0.2) is 0 Å². The molecule has 1 atom stereocenters. The van der Waals surface area contributed by atoms with Crippen LogP contribution >= 0.6 is 12.4 Å². The molecule has 0 aromatic heterocycles. The van der Waals surface area contributed by atoms with E-state index in [1.807, 2.05) is 37.3 Å². The van der Waals surface area contributed by atoms with Gasteiger partial charge in [0.1, 0.15) is 11.5 Å². The summed E-state index contributed by atoms with van der Waals surface area (Å²) in [5.41, 5.74) is 7.75. The average molecular weight is 308 g/mol. The maximum atomic E-state index is 10.7. The van der Waals surface area contributed by atoms with E-state index in [0.717, 1.165) is 16.9 Å². The van der Waals surface area contributed by atoms with Crippen LogP contribution in [0, 0.1) is 6.92 Å². The second-order valence-corrected chi connectivity index (χ2v) is 4.69. The third kappa shape index (κ3) is 5.10. The van der Waals surface area contributed by atoms with Gasteiger partial charge in [0.25, 0.3) is 0 Å². The van der Waals surface area contributed by atoms with Crippen molar-refractivity contribution in [3.05, 3.63) is 59.7 Å². The van der Waals surface area contributed by atoms with Crippen LogP contribution in [0.4, 0.5) is 0 Å². The van der Waals surface area contributed by atoms with Crippen LogP contribution in [0.1, 0.15) is 23.6 Å². The summed E-state index contributed by atoms with van der Waals surface area (Å²) in [4.78, 5) is 10.7. The molecule has 0 saturated heterocycles. The van der Waals surface area contributed by atoms with Crippen LogP contribution in [-0.2, 0) is 4.79 Å². The number of nitrogens with two attached hydrogens (primary N) is 1. The minimum Gasteiger partial charge on any atom is -0.481 e. The van der Waals surface area contributed by atoms with Crippen molar-refractivity contribution in [3.8, 4) is 11.5 Å². The molecule has 5 heteroatoms. The summed E-state index contributed by atoms with van der Waals surface area (Å²) in [5, 5.41) is 8.76. The molecule has 2 aromatic rings. The topological polar surface area (TPSA) is 72.5 Å². The van der Waals surface area contributed by atoms with E-state index in [1.165, 1.54) is 0 Å². The van der Waals surface area contributed by atoms with Crippen molar-refractivity contribution >= 4 is 18.4 Å². The molecule has 2 aromatic carbocycles. The molecule has 0 amide bonds. The Bertz CT molecular complexity index is 599. The van der Waals surface area contributed by atoms with Crippen molar-refractivity contribution < 1.29 is 14.6 Å². The normalized spacial score (nSPS) is 11.3. The van der Waals surface area contributed by atoms with Crippen molar-refractivity contribution in [1.29, 1.82) is 0 Å². The number of ether oxygens (including phenoxy) is 1. The van der Waals surface area contributed by atoms with Crippen molar-refractivity contribution in [2.24, 2.45) is 5.73 Å². The van der Waals surface area contributed by atoms with E-state index in [4.69, 9.17) is 15.6 Å². The second-order valence-electron chi connectivity index (χ2n) is 4.69. The molecule has 0 aliphatic carbocycles. The first kappa shape index (κ1) is 17.0. The molecule has 0 aliphatic rings. The Morgan fingerprint density at radius 1 is 1.19 bits per heavy atom. The molecular formula is C16H18ClNO3. The van der Waals surface area contributed by atoms with Crippen molar-refractivity contribution in [2.75, 3.05) is 0 Å². The van der Waals surface area contributed by atoms with Crippen LogP contribution in [0.15, 0.2) is 48.5 Å². The number of carbonyl (C=O) groups is 1. The van der Waals surface area contributed by atoms with Crippen molar-refractivity contribution in [2.45, 2.75) is 19.4 Å². The van der Waals surface area contributed by atoms with Crippen LogP contribution in [0.3, 0.4) is 0 Å². The van der Waals surface area contributed by atoms with Crippen LogP contribution in [0.5, 0.6) is 11.5 Å². The molecule has 0 saturated carbocycles. The van der Waals surface area contributed by atoms with E-state index in [1.54, 1.807) is 18.2 Å². The van der Waals surface area contributed by atoms with Gasteiger partial charge in [0, 0.05) is 6.04 Å². The van der Waals surface area contributed by atoms with E-state index in [2.05, 4.69) is 0 Å². The molecule has 21 heavy (non-hydrogen) atoms. The minimum atomic E-state index is -0.914. The summed E-state index contributed by atoms with van der Waals surface area (Å²) < 4.78 is 5.73. The van der Waals surface area contributed by atoms with Gasteiger partial charge in [-0.15, -0.1) is 12.4 Å². The van der Waals surface area contributed by atoms with Gasteiger partial charge in [0.2, 0.25) is 0 Å². The molecule has 2 rings (SSSR count). The van der Waals surface area contributed by atoms with E-state index in [-0.39, 0.29) is 18.8 Å². The van der Waals surface area contributed by atoms with Gasteiger partial charge in [-0.1, -0.05) is 29.8 Å². The zero-order chi connectivity index (χ0) is 14.5. The number of carboxylic acids is 1. The van der Waals surface area contributed by atoms with Gasteiger partial charge < -0.3 is 15.6 Å². The molecule has 0 fully saturated rings. The zero-order valence-corrected chi connectivity index (χ0v) is 12.5. The van der Waals surface area contributed by atoms with Crippen molar-refractivity contribution in [1.82, 2.24) is 0 Å². The lowest BCUT2D eigenvalue weighted by Crippen LogP contribution is -2.14. The number of carboxylic acid groups (broad SMARTS) is 1. The highest BCUT2D eigenvalue weighted by molar-refractivity contribution is 5.85. The van der Waals surface area contributed by atoms with Gasteiger partial charge in [0.05, 0.1) is 6.42 Å². The van der Waals surface area contributed by atoms with E-state index < -0.39 is 12.0 Å². The largest absolute Gasteiger partial charge is 0.481 e. The molecular weight excluding hydrogens is 290 g/mol. The zero-order valence-electron chi connectivity index (χ0n) is 11.7. The quantitative estimate of drug-likeness (QED) is 0.883.